The Balaban J connectivity index is 2.63. The summed E-state index contributed by atoms with van der Waals surface area (Å²) in [5, 5.41) is 9.03. The predicted molar refractivity (Wildman–Crippen MR) is 71.0 cm³/mol. The van der Waals surface area contributed by atoms with Crippen molar-refractivity contribution < 1.29 is 14.7 Å². The van der Waals surface area contributed by atoms with Gasteiger partial charge in [-0.3, -0.25) is 4.79 Å². The Morgan fingerprint density at radius 2 is 1.89 bits per heavy atom. The fourth-order valence-electron chi connectivity index (χ4n) is 1.84. The van der Waals surface area contributed by atoms with Gasteiger partial charge >= 0.3 is 5.97 Å². The molecule has 5 heteroatoms. The van der Waals surface area contributed by atoms with E-state index < -0.39 is 5.97 Å². The summed E-state index contributed by atoms with van der Waals surface area (Å²) in [6.45, 7) is 1.46. The van der Waals surface area contributed by atoms with Gasteiger partial charge in [-0.05, 0) is 18.6 Å². The Kier molecular flexibility index (Phi) is 3.29. The topological polar surface area (TPSA) is 93.3 Å². The Morgan fingerprint density at radius 1 is 1.21 bits per heavy atom. The van der Waals surface area contributed by atoms with Crippen LogP contribution in [0.25, 0.3) is 11.1 Å². The highest BCUT2D eigenvalue weighted by molar-refractivity contribution is 6.01. The zero-order valence-corrected chi connectivity index (χ0v) is 10.3. The molecule has 1 aromatic heterocycles. The van der Waals surface area contributed by atoms with E-state index in [-0.39, 0.29) is 17.2 Å². The molecular weight excluding hydrogens is 244 g/mol. The monoisotopic (exact) mass is 256 g/mol. The van der Waals surface area contributed by atoms with Crippen molar-refractivity contribution in [1.82, 2.24) is 4.98 Å². The van der Waals surface area contributed by atoms with Crippen molar-refractivity contribution >= 4 is 17.6 Å². The lowest BCUT2D eigenvalue weighted by Crippen LogP contribution is -2.05. The molecule has 0 saturated heterocycles. The number of aromatic carboxylic acids is 1. The molecule has 0 saturated carbocycles. The number of carbonyl (C=O) groups is 2. The standard InChI is InChI=1S/C14H12N2O3/c1-8(17)10-4-2-3-5-11(10)9-6-12(14(18)19)13(15)16-7-9/h2-7H,1H3,(H2,15,16)(H,18,19). The van der Waals surface area contributed by atoms with Crippen LogP contribution < -0.4 is 5.73 Å². The number of hydrogen-bond donors (Lipinski definition) is 2. The smallest absolute Gasteiger partial charge is 0.339 e. The molecule has 2 aromatic rings. The molecule has 0 spiro atoms. The van der Waals surface area contributed by atoms with E-state index in [1.165, 1.54) is 19.2 Å². The summed E-state index contributed by atoms with van der Waals surface area (Å²) in [7, 11) is 0. The van der Waals surface area contributed by atoms with Gasteiger partial charge in [0.05, 0.1) is 0 Å². The van der Waals surface area contributed by atoms with E-state index in [9.17, 15) is 9.59 Å². The molecule has 0 bridgehead atoms. The van der Waals surface area contributed by atoms with Crippen LogP contribution in [0.4, 0.5) is 5.82 Å². The van der Waals surface area contributed by atoms with E-state index in [1.807, 2.05) is 0 Å². The molecule has 1 heterocycles. The number of aromatic nitrogens is 1. The van der Waals surface area contributed by atoms with Gasteiger partial charge in [-0.15, -0.1) is 0 Å². The summed E-state index contributed by atoms with van der Waals surface area (Å²) in [5.74, 6) is -1.28. The second-order valence-corrected chi connectivity index (χ2v) is 4.06. The lowest BCUT2D eigenvalue weighted by Gasteiger charge is -2.08. The molecule has 1 aromatic carbocycles. The number of Topliss-reactive ketones (excluding diaryl/α,β-unsaturated/α-hetero) is 1. The van der Waals surface area contributed by atoms with Gasteiger partial charge in [0, 0.05) is 17.3 Å². The number of nitrogen functional groups attached to an aromatic ring is 1. The number of nitrogens with zero attached hydrogens (tertiary/aromatic N) is 1. The molecule has 0 aliphatic heterocycles. The quantitative estimate of drug-likeness (QED) is 0.821. The molecule has 5 nitrogen and oxygen atoms in total. The molecule has 0 atom stereocenters. The van der Waals surface area contributed by atoms with Crippen molar-refractivity contribution in [3.8, 4) is 11.1 Å². The summed E-state index contributed by atoms with van der Waals surface area (Å²) < 4.78 is 0. The van der Waals surface area contributed by atoms with Crippen LogP contribution in [-0.2, 0) is 0 Å². The molecule has 3 N–H and O–H groups in total. The van der Waals surface area contributed by atoms with E-state index in [0.29, 0.717) is 16.7 Å². The normalized spacial score (nSPS) is 10.2. The number of carboxylic acids is 1. The summed E-state index contributed by atoms with van der Waals surface area (Å²) >= 11 is 0. The highest BCUT2D eigenvalue weighted by Gasteiger charge is 2.14. The van der Waals surface area contributed by atoms with Crippen LogP contribution >= 0.6 is 0 Å². The lowest BCUT2D eigenvalue weighted by atomic mass is 9.98. The highest BCUT2D eigenvalue weighted by atomic mass is 16.4. The first-order valence-electron chi connectivity index (χ1n) is 5.60. The van der Waals surface area contributed by atoms with Crippen LogP contribution in [0.5, 0.6) is 0 Å². The molecule has 0 aliphatic rings. The minimum Gasteiger partial charge on any atom is -0.478 e. The van der Waals surface area contributed by atoms with Gasteiger partial charge in [-0.2, -0.15) is 0 Å². The van der Waals surface area contributed by atoms with Crippen LogP contribution in [0, 0.1) is 0 Å². The number of nitrogens with two attached hydrogens (primary N) is 1. The molecule has 0 aliphatic carbocycles. The van der Waals surface area contributed by atoms with Crippen LogP contribution in [0.2, 0.25) is 0 Å². The summed E-state index contributed by atoms with van der Waals surface area (Å²) in [6.07, 6.45) is 1.46. The van der Waals surface area contributed by atoms with Gasteiger partial charge in [0.2, 0.25) is 0 Å². The van der Waals surface area contributed by atoms with Gasteiger partial charge in [0.1, 0.15) is 11.4 Å². The molecule has 0 amide bonds. The first kappa shape index (κ1) is 12.8. The Morgan fingerprint density at radius 3 is 2.53 bits per heavy atom. The number of carboxylic acid groups (broad SMARTS) is 1. The van der Waals surface area contributed by atoms with Crippen LogP contribution in [0.3, 0.4) is 0 Å². The van der Waals surface area contributed by atoms with Crippen molar-refractivity contribution in [2.24, 2.45) is 0 Å². The SMILES string of the molecule is CC(=O)c1ccccc1-c1cnc(N)c(C(=O)O)c1. The minimum absolute atomic E-state index is 0.0449. The van der Waals surface area contributed by atoms with Gasteiger partial charge in [0.25, 0.3) is 0 Å². The molecule has 0 fully saturated rings. The Labute approximate surface area is 109 Å². The van der Waals surface area contributed by atoms with E-state index in [0.717, 1.165) is 0 Å². The third kappa shape index (κ3) is 2.44. The summed E-state index contributed by atoms with van der Waals surface area (Å²) in [4.78, 5) is 26.5. The maximum absolute atomic E-state index is 11.6. The Bertz CT molecular complexity index is 665. The van der Waals surface area contributed by atoms with Crippen molar-refractivity contribution in [3.05, 3.63) is 47.7 Å². The van der Waals surface area contributed by atoms with Crippen molar-refractivity contribution in [2.45, 2.75) is 6.92 Å². The predicted octanol–water partition coefficient (Wildman–Crippen LogP) is 2.23. The maximum Gasteiger partial charge on any atom is 0.339 e. The first-order valence-corrected chi connectivity index (χ1v) is 5.60. The fraction of sp³-hybridized carbons (Fsp3) is 0.0714. The second kappa shape index (κ2) is 4.89. The zero-order chi connectivity index (χ0) is 14.0. The van der Waals surface area contributed by atoms with Gasteiger partial charge in [-0.25, -0.2) is 9.78 Å². The van der Waals surface area contributed by atoms with Crippen molar-refractivity contribution in [1.29, 1.82) is 0 Å². The summed E-state index contributed by atoms with van der Waals surface area (Å²) in [6, 6.07) is 8.39. The average Bonchev–Trinajstić information content (AvgIpc) is 2.39. The van der Waals surface area contributed by atoms with Gasteiger partial charge < -0.3 is 10.8 Å². The van der Waals surface area contributed by atoms with Crippen LogP contribution in [0.1, 0.15) is 27.6 Å². The number of rotatable bonds is 3. The van der Waals surface area contributed by atoms with E-state index >= 15 is 0 Å². The minimum atomic E-state index is -1.15. The van der Waals surface area contributed by atoms with E-state index in [1.54, 1.807) is 24.3 Å². The maximum atomic E-state index is 11.6. The number of benzene rings is 1. The number of carbonyl (C=O) groups excluding carboxylic acids is 1. The lowest BCUT2D eigenvalue weighted by molar-refractivity contribution is 0.0697. The number of ketones is 1. The van der Waals surface area contributed by atoms with E-state index in [2.05, 4.69) is 4.98 Å². The summed E-state index contributed by atoms with van der Waals surface area (Å²) in [5.41, 5.74) is 7.15. The number of pyridine rings is 1. The van der Waals surface area contributed by atoms with Crippen molar-refractivity contribution in [3.63, 3.8) is 0 Å². The third-order valence-corrected chi connectivity index (χ3v) is 2.77. The second-order valence-electron chi connectivity index (χ2n) is 4.06. The average molecular weight is 256 g/mol. The molecule has 2 rings (SSSR count). The van der Waals surface area contributed by atoms with Gasteiger partial charge in [0.15, 0.2) is 5.78 Å². The van der Waals surface area contributed by atoms with Crippen LogP contribution in [0.15, 0.2) is 36.5 Å². The fourth-order valence-corrected chi connectivity index (χ4v) is 1.84. The van der Waals surface area contributed by atoms with Crippen molar-refractivity contribution in [2.75, 3.05) is 5.73 Å². The molecular formula is C14H12N2O3. The van der Waals surface area contributed by atoms with Crippen LogP contribution in [-0.4, -0.2) is 21.8 Å². The highest BCUT2D eigenvalue weighted by Crippen LogP contribution is 2.25. The first-order chi connectivity index (χ1) is 9.00. The molecule has 0 unspecified atom stereocenters. The number of anilines is 1. The number of hydrogen-bond acceptors (Lipinski definition) is 4. The molecule has 0 radical (unpaired) electrons. The Hall–Kier alpha value is -2.69. The van der Waals surface area contributed by atoms with E-state index in [4.69, 9.17) is 10.8 Å². The third-order valence-electron chi connectivity index (χ3n) is 2.77. The zero-order valence-electron chi connectivity index (χ0n) is 10.3. The molecule has 96 valence electrons. The van der Waals surface area contributed by atoms with Gasteiger partial charge in [-0.1, -0.05) is 24.3 Å². The largest absolute Gasteiger partial charge is 0.478 e. The molecule has 19 heavy (non-hydrogen) atoms.